The summed E-state index contributed by atoms with van der Waals surface area (Å²) >= 11 is 1.24. The number of nitrogens with one attached hydrogen (secondary N) is 1. The van der Waals surface area contributed by atoms with Gasteiger partial charge in [-0.05, 0) is 48.5 Å². The van der Waals surface area contributed by atoms with Crippen molar-refractivity contribution in [3.8, 4) is 11.6 Å². The molecular formula is C25H16FN5O2S. The number of rotatable bonds is 5. The second-order valence-electron chi connectivity index (χ2n) is 7.57. The van der Waals surface area contributed by atoms with E-state index in [-0.39, 0.29) is 17.5 Å². The molecule has 0 aliphatic heterocycles. The predicted octanol–water partition coefficient (Wildman–Crippen LogP) is 5.56. The molecular weight excluding hydrogens is 453 g/mol. The molecule has 0 aliphatic carbocycles. The van der Waals surface area contributed by atoms with E-state index in [0.29, 0.717) is 28.1 Å². The van der Waals surface area contributed by atoms with E-state index in [2.05, 4.69) is 10.4 Å². The second-order valence-corrected chi connectivity index (χ2v) is 8.52. The zero-order chi connectivity index (χ0) is 23.1. The summed E-state index contributed by atoms with van der Waals surface area (Å²) in [6.45, 7) is 0. The summed E-state index contributed by atoms with van der Waals surface area (Å²) in [5.41, 5.74) is 2.66. The average Bonchev–Trinajstić information content (AvgIpc) is 3.49. The van der Waals surface area contributed by atoms with Crippen molar-refractivity contribution < 1.29 is 13.6 Å². The molecule has 0 atom stereocenters. The van der Waals surface area contributed by atoms with Crippen LogP contribution in [0.2, 0.25) is 0 Å². The van der Waals surface area contributed by atoms with Gasteiger partial charge in [-0.1, -0.05) is 42.1 Å². The second kappa shape index (κ2) is 8.27. The standard InChI is InChI=1S/C25H16FN5O2S/c26-16-9-11-17(12-10-16)27-22(32)14-34-25-28-19-7-3-2-6-18(19)24-29-23(30-31(24)25)21-13-15-5-1-4-8-20(15)33-21/h1-13H,14H2,(H,27,32). The monoisotopic (exact) mass is 469 g/mol. The van der Waals surface area contributed by atoms with Gasteiger partial charge in [-0.25, -0.2) is 14.4 Å². The van der Waals surface area contributed by atoms with Crippen LogP contribution in [0.1, 0.15) is 0 Å². The van der Waals surface area contributed by atoms with E-state index in [1.807, 2.05) is 54.6 Å². The van der Waals surface area contributed by atoms with E-state index < -0.39 is 0 Å². The summed E-state index contributed by atoms with van der Waals surface area (Å²) < 4.78 is 20.7. The molecule has 0 saturated heterocycles. The highest BCUT2D eigenvalue weighted by Gasteiger charge is 2.18. The van der Waals surface area contributed by atoms with Crippen LogP contribution in [-0.2, 0) is 4.79 Å². The molecule has 6 rings (SSSR count). The molecule has 0 bridgehead atoms. The number of amides is 1. The highest BCUT2D eigenvalue weighted by atomic mass is 32.2. The van der Waals surface area contributed by atoms with Gasteiger partial charge in [0.25, 0.3) is 0 Å². The average molecular weight is 470 g/mol. The summed E-state index contributed by atoms with van der Waals surface area (Å²) in [6, 6.07) is 22.9. The number of furan rings is 1. The smallest absolute Gasteiger partial charge is 0.234 e. The third-order valence-corrected chi connectivity index (χ3v) is 6.18. The Morgan fingerprint density at radius 1 is 1.00 bits per heavy atom. The Kier molecular flexibility index (Phi) is 4.96. The maximum Gasteiger partial charge on any atom is 0.234 e. The van der Waals surface area contributed by atoms with Crippen molar-refractivity contribution >= 4 is 50.9 Å². The minimum atomic E-state index is -0.360. The van der Waals surface area contributed by atoms with Gasteiger partial charge in [-0.2, -0.15) is 4.52 Å². The maximum atomic E-state index is 13.1. The Morgan fingerprint density at radius 3 is 2.65 bits per heavy atom. The first-order chi connectivity index (χ1) is 16.6. The molecule has 0 unspecified atom stereocenters. The van der Waals surface area contributed by atoms with Crippen molar-refractivity contribution in [3.63, 3.8) is 0 Å². The molecule has 3 heterocycles. The van der Waals surface area contributed by atoms with E-state index in [9.17, 15) is 9.18 Å². The highest BCUT2D eigenvalue weighted by Crippen LogP contribution is 2.29. The number of aromatic nitrogens is 4. The van der Waals surface area contributed by atoms with Crippen molar-refractivity contribution in [2.75, 3.05) is 11.1 Å². The van der Waals surface area contributed by atoms with Gasteiger partial charge in [0.2, 0.25) is 11.7 Å². The quantitative estimate of drug-likeness (QED) is 0.263. The Hall–Kier alpha value is -4.24. The fourth-order valence-electron chi connectivity index (χ4n) is 3.68. The van der Waals surface area contributed by atoms with E-state index in [0.717, 1.165) is 21.9 Å². The van der Waals surface area contributed by atoms with E-state index >= 15 is 0 Å². The molecule has 1 N–H and O–H groups in total. The zero-order valence-corrected chi connectivity index (χ0v) is 18.4. The number of hydrogen-bond donors (Lipinski definition) is 1. The number of fused-ring (bicyclic) bond motifs is 4. The first-order valence-electron chi connectivity index (χ1n) is 10.5. The molecule has 0 saturated carbocycles. The van der Waals surface area contributed by atoms with Crippen LogP contribution in [0.15, 0.2) is 88.4 Å². The highest BCUT2D eigenvalue weighted by molar-refractivity contribution is 7.99. The lowest BCUT2D eigenvalue weighted by atomic mass is 10.2. The lowest BCUT2D eigenvalue weighted by molar-refractivity contribution is -0.113. The van der Waals surface area contributed by atoms with E-state index in [4.69, 9.17) is 14.4 Å². The molecule has 0 spiro atoms. The third kappa shape index (κ3) is 3.75. The van der Waals surface area contributed by atoms with Gasteiger partial charge in [0.1, 0.15) is 11.4 Å². The lowest BCUT2D eigenvalue weighted by Crippen LogP contribution is -2.14. The summed E-state index contributed by atoms with van der Waals surface area (Å²) in [4.78, 5) is 21.9. The van der Waals surface area contributed by atoms with Gasteiger partial charge in [0.15, 0.2) is 16.6 Å². The lowest BCUT2D eigenvalue weighted by Gasteiger charge is -2.07. The topological polar surface area (TPSA) is 85.3 Å². The van der Waals surface area contributed by atoms with Crippen molar-refractivity contribution in [2.24, 2.45) is 0 Å². The number of para-hydroxylation sites is 2. The molecule has 3 aromatic heterocycles. The van der Waals surface area contributed by atoms with Crippen molar-refractivity contribution in [3.05, 3.63) is 84.7 Å². The van der Waals surface area contributed by atoms with Gasteiger partial charge in [-0.15, -0.1) is 5.10 Å². The Labute approximate surface area is 196 Å². The molecule has 0 radical (unpaired) electrons. The summed E-state index contributed by atoms with van der Waals surface area (Å²) in [6.07, 6.45) is 0. The minimum absolute atomic E-state index is 0.0949. The molecule has 7 nitrogen and oxygen atoms in total. The van der Waals surface area contributed by atoms with E-state index in [1.54, 1.807) is 4.52 Å². The number of benzene rings is 3. The van der Waals surface area contributed by atoms with Crippen LogP contribution in [0.5, 0.6) is 0 Å². The number of anilines is 1. The fourth-order valence-corrected chi connectivity index (χ4v) is 4.43. The van der Waals surface area contributed by atoms with Crippen molar-refractivity contribution in [1.82, 2.24) is 19.6 Å². The molecule has 166 valence electrons. The minimum Gasteiger partial charge on any atom is -0.453 e. The summed E-state index contributed by atoms with van der Waals surface area (Å²) in [5.74, 6) is 0.488. The molecule has 34 heavy (non-hydrogen) atoms. The molecule has 6 aromatic rings. The van der Waals surface area contributed by atoms with Crippen LogP contribution in [0.25, 0.3) is 39.1 Å². The summed E-state index contributed by atoms with van der Waals surface area (Å²) in [5, 5.41) is 9.75. The van der Waals surface area contributed by atoms with Gasteiger partial charge in [-0.3, -0.25) is 4.79 Å². The zero-order valence-electron chi connectivity index (χ0n) is 17.6. The SMILES string of the molecule is O=C(CSc1nc2ccccc2c2nc(-c3cc4ccccc4o3)nn12)Nc1ccc(F)cc1. The van der Waals surface area contributed by atoms with Crippen LogP contribution < -0.4 is 5.32 Å². The molecule has 3 aromatic carbocycles. The Balaban J connectivity index is 1.36. The van der Waals surface area contributed by atoms with Crippen molar-refractivity contribution in [1.29, 1.82) is 0 Å². The Bertz CT molecular complexity index is 1640. The maximum absolute atomic E-state index is 13.1. The van der Waals surface area contributed by atoms with Crippen LogP contribution in [-0.4, -0.2) is 31.2 Å². The van der Waals surface area contributed by atoms with Gasteiger partial charge in [0, 0.05) is 16.5 Å². The normalized spacial score (nSPS) is 11.4. The third-order valence-electron chi connectivity index (χ3n) is 5.26. The number of halogens is 1. The van der Waals surface area contributed by atoms with Crippen molar-refractivity contribution in [2.45, 2.75) is 5.16 Å². The van der Waals surface area contributed by atoms with Crippen LogP contribution in [0.4, 0.5) is 10.1 Å². The predicted molar refractivity (Wildman–Crippen MR) is 129 cm³/mol. The van der Waals surface area contributed by atoms with Gasteiger partial charge < -0.3 is 9.73 Å². The number of hydrogen-bond acceptors (Lipinski definition) is 6. The van der Waals surface area contributed by atoms with Crippen LogP contribution >= 0.6 is 11.8 Å². The largest absolute Gasteiger partial charge is 0.453 e. The molecule has 9 heteroatoms. The fraction of sp³-hybridized carbons (Fsp3) is 0.0400. The molecule has 0 fully saturated rings. The van der Waals surface area contributed by atoms with E-state index in [1.165, 1.54) is 36.0 Å². The number of carbonyl (C=O) groups excluding carboxylic acids is 1. The number of thioether (sulfide) groups is 1. The molecule has 1 amide bonds. The van der Waals surface area contributed by atoms with Gasteiger partial charge in [0.05, 0.1) is 11.3 Å². The molecule has 0 aliphatic rings. The Morgan fingerprint density at radius 2 is 1.79 bits per heavy atom. The van der Waals surface area contributed by atoms with Crippen LogP contribution in [0, 0.1) is 5.82 Å². The number of nitrogens with zero attached hydrogens (tertiary/aromatic N) is 4. The number of carbonyl (C=O) groups is 1. The first-order valence-corrected chi connectivity index (χ1v) is 11.5. The van der Waals surface area contributed by atoms with Gasteiger partial charge >= 0.3 is 0 Å². The summed E-state index contributed by atoms with van der Waals surface area (Å²) in [7, 11) is 0. The first kappa shape index (κ1) is 20.4. The van der Waals surface area contributed by atoms with Crippen LogP contribution in [0.3, 0.4) is 0 Å².